The van der Waals surface area contributed by atoms with Crippen LogP contribution in [0.3, 0.4) is 0 Å². The summed E-state index contributed by atoms with van der Waals surface area (Å²) in [6, 6.07) is 3.78. The van der Waals surface area contributed by atoms with E-state index in [0.717, 1.165) is 0 Å². The van der Waals surface area contributed by atoms with Gasteiger partial charge in [-0.2, -0.15) is 0 Å². The van der Waals surface area contributed by atoms with Gasteiger partial charge in [0.15, 0.2) is 16.7 Å². The van der Waals surface area contributed by atoms with Crippen molar-refractivity contribution < 1.29 is 18.7 Å². The van der Waals surface area contributed by atoms with Crippen LogP contribution in [0.25, 0.3) is 11.3 Å². The maximum Gasteiger partial charge on any atom is 0.245 e. The van der Waals surface area contributed by atoms with Crippen LogP contribution in [-0.4, -0.2) is 37.8 Å². The van der Waals surface area contributed by atoms with Crippen molar-refractivity contribution in [3.8, 4) is 17.0 Å². The largest absolute Gasteiger partial charge is 0.494 e. The Labute approximate surface area is 143 Å². The molecule has 0 spiro atoms. The Kier molecular flexibility index (Phi) is 7.37. The molecule has 2 rings (SSSR count). The molecule has 1 heterocycles. The smallest absolute Gasteiger partial charge is 0.245 e. The number of halogens is 2. The number of ether oxygens (including phenoxy) is 2. The Morgan fingerprint density at radius 3 is 2.83 bits per heavy atom. The number of anilines is 1. The molecular weight excluding hydrogens is 345 g/mol. The number of amides is 1. The number of aromatic nitrogens is 1. The number of benzene rings is 1. The maximum absolute atomic E-state index is 13.7. The first-order valence-electron chi connectivity index (χ1n) is 6.40. The van der Waals surface area contributed by atoms with Gasteiger partial charge in [-0.25, -0.2) is 9.37 Å². The number of hydrogen-bond donors (Lipinski definition) is 2. The molecule has 1 aromatic carbocycles. The minimum absolute atomic E-state index is 0. The van der Waals surface area contributed by atoms with Gasteiger partial charge in [-0.05, 0) is 18.2 Å². The molecule has 2 aromatic rings. The van der Waals surface area contributed by atoms with Crippen molar-refractivity contribution in [2.45, 2.75) is 6.04 Å². The highest BCUT2D eigenvalue weighted by Gasteiger charge is 2.15. The summed E-state index contributed by atoms with van der Waals surface area (Å²) < 4.78 is 23.4. The monoisotopic (exact) mass is 361 g/mol. The topological polar surface area (TPSA) is 86.5 Å². The molecule has 3 N–H and O–H groups in total. The second-order valence-corrected chi connectivity index (χ2v) is 5.30. The van der Waals surface area contributed by atoms with Gasteiger partial charge in [-0.3, -0.25) is 4.79 Å². The van der Waals surface area contributed by atoms with Gasteiger partial charge >= 0.3 is 0 Å². The fourth-order valence-corrected chi connectivity index (χ4v) is 2.47. The lowest BCUT2D eigenvalue weighted by atomic mass is 10.1. The van der Waals surface area contributed by atoms with E-state index >= 15 is 0 Å². The summed E-state index contributed by atoms with van der Waals surface area (Å²) in [5.74, 6) is -0.692. The fraction of sp³-hybridized carbons (Fsp3) is 0.286. The van der Waals surface area contributed by atoms with Crippen molar-refractivity contribution in [3.05, 3.63) is 29.4 Å². The number of nitrogens with zero attached hydrogens (tertiary/aromatic N) is 1. The summed E-state index contributed by atoms with van der Waals surface area (Å²) in [7, 11) is 2.87. The van der Waals surface area contributed by atoms with Crippen LogP contribution >= 0.6 is 23.7 Å². The van der Waals surface area contributed by atoms with Crippen molar-refractivity contribution in [1.82, 2.24) is 4.98 Å². The van der Waals surface area contributed by atoms with Gasteiger partial charge in [-0.15, -0.1) is 23.7 Å². The molecule has 0 saturated heterocycles. The minimum atomic E-state index is -0.768. The molecule has 1 amide bonds. The van der Waals surface area contributed by atoms with E-state index in [-0.39, 0.29) is 30.7 Å². The quantitative estimate of drug-likeness (QED) is 0.824. The van der Waals surface area contributed by atoms with Crippen LogP contribution < -0.4 is 15.8 Å². The number of rotatable bonds is 6. The standard InChI is InChI=1S/C14H16FN3O3S.ClH/c1-20-6-10(16)13(19)18-14-17-11(7-22-14)8-3-4-12(21-2)9(15)5-8;/h3-5,7,10H,6,16H2,1-2H3,(H,17,18,19);1H. The van der Waals surface area contributed by atoms with Gasteiger partial charge in [0.2, 0.25) is 5.91 Å². The highest BCUT2D eigenvalue weighted by molar-refractivity contribution is 7.14. The molecule has 1 aromatic heterocycles. The lowest BCUT2D eigenvalue weighted by molar-refractivity contribution is -0.118. The molecule has 9 heteroatoms. The third-order valence-corrected chi connectivity index (χ3v) is 3.62. The first-order chi connectivity index (χ1) is 10.5. The third kappa shape index (κ3) is 4.87. The zero-order chi connectivity index (χ0) is 16.1. The summed E-state index contributed by atoms with van der Waals surface area (Å²) in [5, 5.41) is 4.71. The molecule has 0 aliphatic carbocycles. The summed E-state index contributed by atoms with van der Waals surface area (Å²) in [6.07, 6.45) is 0. The fourth-order valence-electron chi connectivity index (χ4n) is 1.74. The Balaban J connectivity index is 0.00000264. The number of nitrogens with two attached hydrogens (primary N) is 1. The van der Waals surface area contributed by atoms with E-state index in [9.17, 15) is 9.18 Å². The molecule has 1 atom stereocenters. The molecule has 6 nitrogen and oxygen atoms in total. The van der Waals surface area contributed by atoms with Gasteiger partial charge in [0.1, 0.15) is 6.04 Å². The minimum Gasteiger partial charge on any atom is -0.494 e. The molecule has 126 valence electrons. The summed E-state index contributed by atoms with van der Waals surface area (Å²) >= 11 is 1.23. The summed E-state index contributed by atoms with van der Waals surface area (Å²) in [5.41, 5.74) is 6.77. The molecule has 1 unspecified atom stereocenters. The van der Waals surface area contributed by atoms with E-state index in [2.05, 4.69) is 10.3 Å². The van der Waals surface area contributed by atoms with Crippen LogP contribution in [0.1, 0.15) is 0 Å². The Morgan fingerprint density at radius 2 is 2.22 bits per heavy atom. The van der Waals surface area contributed by atoms with Crippen molar-refractivity contribution in [2.75, 3.05) is 26.1 Å². The average molecular weight is 362 g/mol. The van der Waals surface area contributed by atoms with Crippen LogP contribution in [0.2, 0.25) is 0 Å². The van der Waals surface area contributed by atoms with E-state index in [1.165, 1.54) is 37.7 Å². The van der Waals surface area contributed by atoms with Crippen LogP contribution in [0, 0.1) is 5.82 Å². The predicted octanol–water partition coefficient (Wildman–Crippen LogP) is 2.29. The van der Waals surface area contributed by atoms with E-state index in [4.69, 9.17) is 15.2 Å². The van der Waals surface area contributed by atoms with Gasteiger partial charge in [0.05, 0.1) is 19.4 Å². The number of nitrogens with one attached hydrogen (secondary N) is 1. The van der Waals surface area contributed by atoms with Crippen molar-refractivity contribution in [1.29, 1.82) is 0 Å². The van der Waals surface area contributed by atoms with Gasteiger partial charge in [-0.1, -0.05) is 0 Å². The SMILES string of the molecule is COCC(N)C(=O)Nc1nc(-c2ccc(OC)c(F)c2)cs1.Cl. The highest BCUT2D eigenvalue weighted by Crippen LogP contribution is 2.28. The Hall–Kier alpha value is -1.74. The molecule has 0 saturated carbocycles. The van der Waals surface area contributed by atoms with Crippen LogP contribution in [0.15, 0.2) is 23.6 Å². The summed E-state index contributed by atoms with van der Waals surface area (Å²) in [4.78, 5) is 16.0. The van der Waals surface area contributed by atoms with Gasteiger partial charge in [0, 0.05) is 18.1 Å². The van der Waals surface area contributed by atoms with E-state index in [0.29, 0.717) is 16.4 Å². The Bertz CT molecular complexity index is 668. The van der Waals surface area contributed by atoms with E-state index in [1.54, 1.807) is 11.4 Å². The normalized spacial score (nSPS) is 11.5. The average Bonchev–Trinajstić information content (AvgIpc) is 2.95. The Morgan fingerprint density at radius 1 is 1.48 bits per heavy atom. The first kappa shape index (κ1) is 19.3. The van der Waals surface area contributed by atoms with E-state index in [1.807, 2.05) is 0 Å². The molecule has 0 fully saturated rings. The molecule has 0 bridgehead atoms. The molecule has 0 aliphatic heterocycles. The first-order valence-corrected chi connectivity index (χ1v) is 7.28. The van der Waals surface area contributed by atoms with Crippen LogP contribution in [-0.2, 0) is 9.53 Å². The van der Waals surface area contributed by atoms with E-state index < -0.39 is 11.9 Å². The number of thiazole rings is 1. The second-order valence-electron chi connectivity index (χ2n) is 4.44. The lowest BCUT2D eigenvalue weighted by Gasteiger charge is -2.08. The van der Waals surface area contributed by atoms with Crippen molar-refractivity contribution in [3.63, 3.8) is 0 Å². The molecule has 0 aliphatic rings. The predicted molar refractivity (Wildman–Crippen MR) is 89.8 cm³/mol. The lowest BCUT2D eigenvalue weighted by Crippen LogP contribution is -2.39. The summed E-state index contributed by atoms with van der Waals surface area (Å²) in [6.45, 7) is 0.119. The van der Waals surface area contributed by atoms with Gasteiger partial charge < -0.3 is 20.5 Å². The number of carbonyl (C=O) groups excluding carboxylic acids is 1. The molecule has 0 radical (unpaired) electrons. The maximum atomic E-state index is 13.7. The zero-order valence-electron chi connectivity index (χ0n) is 12.5. The van der Waals surface area contributed by atoms with Crippen LogP contribution in [0.5, 0.6) is 5.75 Å². The zero-order valence-corrected chi connectivity index (χ0v) is 14.2. The number of carbonyl (C=O) groups is 1. The number of methoxy groups -OCH3 is 2. The van der Waals surface area contributed by atoms with Crippen LogP contribution in [0.4, 0.5) is 9.52 Å². The third-order valence-electron chi connectivity index (χ3n) is 2.86. The van der Waals surface area contributed by atoms with Gasteiger partial charge in [0.25, 0.3) is 0 Å². The molecular formula is C14H17ClFN3O3S. The van der Waals surface area contributed by atoms with Crippen molar-refractivity contribution >= 4 is 34.8 Å². The molecule has 23 heavy (non-hydrogen) atoms. The highest BCUT2D eigenvalue weighted by atomic mass is 35.5. The second kappa shape index (κ2) is 8.78. The number of hydrogen-bond acceptors (Lipinski definition) is 6. The van der Waals surface area contributed by atoms with Crippen molar-refractivity contribution in [2.24, 2.45) is 5.73 Å².